The molecule has 28 heavy (non-hydrogen) atoms. The molecule has 0 saturated carbocycles. The molecule has 0 bridgehead atoms. The first kappa shape index (κ1) is 23.9. The maximum atomic E-state index is 11.4. The molecule has 1 aromatic rings. The van der Waals surface area contributed by atoms with E-state index in [-0.39, 0.29) is 30.1 Å². The van der Waals surface area contributed by atoms with Crippen molar-refractivity contribution in [2.75, 3.05) is 42.2 Å². The minimum atomic E-state index is -0.511. The van der Waals surface area contributed by atoms with E-state index in [0.717, 1.165) is 0 Å². The molecule has 10 heteroatoms. The first-order chi connectivity index (χ1) is 13.4. The summed E-state index contributed by atoms with van der Waals surface area (Å²) in [5.41, 5.74) is 0.333. The van der Waals surface area contributed by atoms with Crippen molar-refractivity contribution >= 4 is 13.4 Å². The van der Waals surface area contributed by atoms with Gasteiger partial charge in [0.25, 0.3) is 0 Å². The van der Waals surface area contributed by atoms with E-state index in [9.17, 15) is 10.1 Å². The quantitative estimate of drug-likeness (QED) is 0.165. The summed E-state index contributed by atoms with van der Waals surface area (Å²) in [5.74, 6) is 0.327. The monoisotopic (exact) mass is 396 g/mol. The lowest BCUT2D eigenvalue weighted by atomic mass is 9.94. The molecule has 0 heterocycles. The van der Waals surface area contributed by atoms with E-state index in [4.69, 9.17) is 28.3 Å². The first-order valence-electron chi connectivity index (χ1n) is 8.53. The van der Waals surface area contributed by atoms with Crippen LogP contribution in [-0.4, -0.2) is 60.9 Å². The lowest BCUT2D eigenvalue weighted by Crippen LogP contribution is -2.19. The molecule has 9 nitrogen and oxygen atoms in total. The van der Waals surface area contributed by atoms with Gasteiger partial charge in [0, 0.05) is 32.8 Å². The highest BCUT2D eigenvalue weighted by Crippen LogP contribution is 2.42. The molecular formula is C18H27BNO8. The predicted octanol–water partition coefficient (Wildman–Crippen LogP) is 2.70. The van der Waals surface area contributed by atoms with E-state index in [1.54, 1.807) is 13.2 Å². The molecular weight excluding hydrogens is 369 g/mol. The van der Waals surface area contributed by atoms with Crippen molar-refractivity contribution < 1.29 is 33.2 Å². The smallest absolute Gasteiger partial charge is 0.487 e. The van der Waals surface area contributed by atoms with Gasteiger partial charge in [-0.3, -0.25) is 10.1 Å². The van der Waals surface area contributed by atoms with Crippen molar-refractivity contribution in [2.45, 2.75) is 19.1 Å². The Morgan fingerprint density at radius 3 is 2.32 bits per heavy atom. The zero-order valence-corrected chi connectivity index (χ0v) is 17.0. The molecule has 0 fully saturated rings. The summed E-state index contributed by atoms with van der Waals surface area (Å²) in [4.78, 5) is 10.9. The van der Waals surface area contributed by atoms with Gasteiger partial charge in [-0.15, -0.1) is 0 Å². The van der Waals surface area contributed by atoms with Crippen LogP contribution < -0.4 is 9.47 Å². The van der Waals surface area contributed by atoms with Crippen LogP contribution in [0.25, 0.3) is 0 Å². The zero-order valence-electron chi connectivity index (χ0n) is 17.0. The summed E-state index contributed by atoms with van der Waals surface area (Å²) < 4.78 is 31.4. The van der Waals surface area contributed by atoms with E-state index >= 15 is 0 Å². The molecule has 1 aromatic carbocycles. The van der Waals surface area contributed by atoms with Crippen molar-refractivity contribution in [1.29, 1.82) is 0 Å². The molecule has 1 radical (unpaired) electrons. The number of nitrogens with zero attached hydrogens (tertiary/aromatic N) is 1. The van der Waals surface area contributed by atoms with Gasteiger partial charge in [-0.1, -0.05) is 19.1 Å². The Balaban J connectivity index is 3.16. The van der Waals surface area contributed by atoms with Gasteiger partial charge < -0.3 is 28.3 Å². The molecule has 0 aliphatic carbocycles. The van der Waals surface area contributed by atoms with Crippen molar-refractivity contribution in [3.05, 3.63) is 40.0 Å². The molecule has 3 atom stereocenters. The van der Waals surface area contributed by atoms with Crippen LogP contribution in [0.1, 0.15) is 18.6 Å². The van der Waals surface area contributed by atoms with Crippen molar-refractivity contribution in [3.8, 4) is 11.5 Å². The van der Waals surface area contributed by atoms with Gasteiger partial charge in [0.2, 0.25) is 5.75 Å². The Labute approximate surface area is 166 Å². The molecule has 1 rings (SSSR count). The Bertz CT molecular complexity index is 655. The maximum Gasteiger partial charge on any atom is 0.487 e. The molecule has 0 aliphatic heterocycles. The molecule has 155 valence electrons. The van der Waals surface area contributed by atoms with Crippen LogP contribution in [-0.2, 0) is 18.8 Å². The van der Waals surface area contributed by atoms with Crippen LogP contribution in [0.4, 0.5) is 5.69 Å². The average molecular weight is 396 g/mol. The fraction of sp³-hybridized carbons (Fsp3) is 0.556. The van der Waals surface area contributed by atoms with Gasteiger partial charge in [-0.2, -0.15) is 0 Å². The van der Waals surface area contributed by atoms with E-state index < -0.39 is 11.0 Å². The summed E-state index contributed by atoms with van der Waals surface area (Å²) in [5, 5.41) is 11.4. The second kappa shape index (κ2) is 12.3. The molecule has 0 aromatic heterocycles. The Morgan fingerprint density at radius 2 is 1.82 bits per heavy atom. The third kappa shape index (κ3) is 6.48. The average Bonchev–Trinajstić information content (AvgIpc) is 2.70. The molecule has 0 aliphatic rings. The Kier molecular flexibility index (Phi) is 10.5. The highest BCUT2D eigenvalue weighted by molar-refractivity contribution is 6.17. The van der Waals surface area contributed by atoms with E-state index in [1.165, 1.54) is 42.2 Å². The number of nitro benzene ring substituents is 1. The maximum absolute atomic E-state index is 11.4. The largest absolute Gasteiger partial charge is 0.496 e. The van der Waals surface area contributed by atoms with Gasteiger partial charge in [0.15, 0.2) is 0 Å². The third-order valence-electron chi connectivity index (χ3n) is 4.10. The SMILES string of the molecule is CO[B]OC[C@H](/C=C/[C@H](C)[C@@H](OC)c1cc(OC)cc([N+](=O)[O-])c1OC)OC. The summed E-state index contributed by atoms with van der Waals surface area (Å²) in [7, 11) is 8.64. The number of nitro groups is 1. The van der Waals surface area contributed by atoms with Gasteiger partial charge in [0.05, 0.1) is 44.0 Å². The highest BCUT2D eigenvalue weighted by atomic mass is 16.6. The lowest BCUT2D eigenvalue weighted by molar-refractivity contribution is -0.385. The normalized spacial score (nSPS) is 14.5. The van der Waals surface area contributed by atoms with E-state index in [0.29, 0.717) is 11.3 Å². The minimum Gasteiger partial charge on any atom is -0.496 e. The molecule has 0 spiro atoms. The minimum absolute atomic E-state index is 0.138. The van der Waals surface area contributed by atoms with Gasteiger partial charge in [-0.05, 0) is 6.07 Å². The van der Waals surface area contributed by atoms with Crippen LogP contribution in [0.15, 0.2) is 24.3 Å². The molecule has 0 unspecified atom stereocenters. The molecule has 0 saturated heterocycles. The topological polar surface area (TPSA) is 98.5 Å². The predicted molar refractivity (Wildman–Crippen MR) is 104 cm³/mol. The number of benzene rings is 1. The molecule has 0 N–H and O–H groups in total. The zero-order chi connectivity index (χ0) is 21.1. The summed E-state index contributed by atoms with van der Waals surface area (Å²) in [6.07, 6.45) is 2.92. The highest BCUT2D eigenvalue weighted by Gasteiger charge is 2.28. The molecule has 0 amide bonds. The number of hydrogen-bond donors (Lipinski definition) is 0. The Morgan fingerprint density at radius 1 is 1.11 bits per heavy atom. The number of ether oxygens (including phenoxy) is 4. The van der Waals surface area contributed by atoms with Crippen LogP contribution in [0.5, 0.6) is 11.5 Å². The van der Waals surface area contributed by atoms with Crippen molar-refractivity contribution in [3.63, 3.8) is 0 Å². The van der Waals surface area contributed by atoms with E-state index in [1.807, 2.05) is 19.1 Å². The Hall–Kier alpha value is -2.14. The van der Waals surface area contributed by atoms with E-state index in [2.05, 4.69) is 0 Å². The number of methoxy groups -OCH3 is 4. The van der Waals surface area contributed by atoms with Crippen LogP contribution in [0.2, 0.25) is 0 Å². The summed E-state index contributed by atoms with van der Waals surface area (Å²) in [6, 6.07) is 2.99. The van der Waals surface area contributed by atoms with Crippen LogP contribution in [0.3, 0.4) is 0 Å². The van der Waals surface area contributed by atoms with Crippen molar-refractivity contribution in [1.82, 2.24) is 0 Å². The number of rotatable bonds is 13. The van der Waals surface area contributed by atoms with Gasteiger partial charge in [-0.25, -0.2) is 0 Å². The lowest BCUT2D eigenvalue weighted by Gasteiger charge is -2.23. The fourth-order valence-corrected chi connectivity index (χ4v) is 2.73. The third-order valence-corrected chi connectivity index (χ3v) is 4.10. The van der Waals surface area contributed by atoms with Crippen LogP contribution >= 0.6 is 0 Å². The fourth-order valence-electron chi connectivity index (χ4n) is 2.73. The van der Waals surface area contributed by atoms with Gasteiger partial charge >= 0.3 is 13.4 Å². The number of hydrogen-bond acceptors (Lipinski definition) is 8. The summed E-state index contributed by atoms with van der Waals surface area (Å²) in [6.45, 7) is 2.20. The summed E-state index contributed by atoms with van der Waals surface area (Å²) >= 11 is 0. The second-order valence-electron chi connectivity index (χ2n) is 5.87. The standard InChI is InChI=1S/C18H27BNO8/c1-12(7-8-13(23-2)11-28-19-27-6)17(25-4)15-9-14(24-3)10-16(20(21)22)18(15)26-5/h7-10,12-13,17H,11H2,1-6H3/b8-7+/t12-,13-,17+/m0/s1. The second-order valence-corrected chi connectivity index (χ2v) is 5.87. The first-order valence-corrected chi connectivity index (χ1v) is 8.53. The van der Waals surface area contributed by atoms with Crippen LogP contribution in [0, 0.1) is 16.0 Å². The van der Waals surface area contributed by atoms with Gasteiger partial charge in [0.1, 0.15) is 5.75 Å². The van der Waals surface area contributed by atoms with Crippen molar-refractivity contribution in [2.24, 2.45) is 5.92 Å².